The number of benzene rings is 1. The lowest BCUT2D eigenvalue weighted by Gasteiger charge is -2.22. The molecule has 1 amide bonds. The van der Waals surface area contributed by atoms with E-state index < -0.39 is 5.82 Å². The number of rotatable bonds is 4. The van der Waals surface area contributed by atoms with Gasteiger partial charge in [0.25, 0.3) is 0 Å². The highest BCUT2D eigenvalue weighted by Crippen LogP contribution is 2.12. The van der Waals surface area contributed by atoms with Gasteiger partial charge in [0.15, 0.2) is 0 Å². The van der Waals surface area contributed by atoms with E-state index in [1.165, 1.54) is 12.1 Å². The zero-order valence-electron chi connectivity index (χ0n) is 10.1. The number of ether oxygens (including phenoxy) is 1. The molecule has 0 spiro atoms. The van der Waals surface area contributed by atoms with Crippen LogP contribution in [0.2, 0.25) is 0 Å². The van der Waals surface area contributed by atoms with Gasteiger partial charge in [-0.2, -0.15) is 0 Å². The number of carbonyl (C=O) groups excluding carboxylic acids is 1. The van der Waals surface area contributed by atoms with Crippen molar-refractivity contribution >= 4 is 11.6 Å². The van der Waals surface area contributed by atoms with E-state index in [9.17, 15) is 9.18 Å². The highest BCUT2D eigenvalue weighted by molar-refractivity contribution is 5.91. The van der Waals surface area contributed by atoms with Crippen molar-refractivity contribution in [2.75, 3.05) is 25.0 Å². The van der Waals surface area contributed by atoms with Gasteiger partial charge in [-0.05, 0) is 38.1 Å². The number of piperidine rings is 1. The number of hydrogen-bond donors (Lipinski definition) is 2. The van der Waals surface area contributed by atoms with Gasteiger partial charge in [-0.15, -0.1) is 0 Å². The maximum absolute atomic E-state index is 13.3. The lowest BCUT2D eigenvalue weighted by molar-refractivity contribution is -0.123. The minimum absolute atomic E-state index is 0.0288. The lowest BCUT2D eigenvalue weighted by Crippen LogP contribution is -2.34. The van der Waals surface area contributed by atoms with Crippen LogP contribution < -0.4 is 10.6 Å². The van der Waals surface area contributed by atoms with E-state index in [1.807, 2.05) is 0 Å². The van der Waals surface area contributed by atoms with Crippen molar-refractivity contribution in [3.63, 3.8) is 0 Å². The summed E-state index contributed by atoms with van der Waals surface area (Å²) in [5.74, 6) is -0.758. The van der Waals surface area contributed by atoms with Gasteiger partial charge in [0.05, 0.1) is 11.8 Å². The Balaban J connectivity index is 1.76. The van der Waals surface area contributed by atoms with E-state index in [0.29, 0.717) is 0 Å². The molecule has 1 aliphatic heterocycles. The largest absolute Gasteiger partial charge is 0.368 e. The fraction of sp³-hybridized carbons (Fsp3) is 0.462. The summed E-state index contributed by atoms with van der Waals surface area (Å²) in [7, 11) is 0. The zero-order valence-corrected chi connectivity index (χ0v) is 10.1. The molecule has 0 aliphatic carbocycles. The molecule has 1 aliphatic rings. The molecule has 1 heterocycles. The fourth-order valence-electron chi connectivity index (χ4n) is 1.90. The van der Waals surface area contributed by atoms with Crippen molar-refractivity contribution in [3.05, 3.63) is 30.1 Å². The normalized spacial score (nSPS) is 16.5. The van der Waals surface area contributed by atoms with Crippen LogP contribution in [0.3, 0.4) is 0 Å². The molecule has 1 fully saturated rings. The number of nitrogens with one attached hydrogen (secondary N) is 2. The molecule has 18 heavy (non-hydrogen) atoms. The Kier molecular flexibility index (Phi) is 4.66. The summed E-state index contributed by atoms with van der Waals surface area (Å²) in [5.41, 5.74) is 0.191. The molecule has 0 unspecified atom stereocenters. The van der Waals surface area contributed by atoms with Gasteiger partial charge < -0.3 is 15.4 Å². The predicted molar refractivity (Wildman–Crippen MR) is 66.9 cm³/mol. The molecule has 5 heteroatoms. The molecule has 1 aromatic carbocycles. The number of para-hydroxylation sites is 1. The first kappa shape index (κ1) is 13.0. The summed E-state index contributed by atoms with van der Waals surface area (Å²) < 4.78 is 18.8. The summed E-state index contributed by atoms with van der Waals surface area (Å²) in [6.45, 7) is 1.80. The lowest BCUT2D eigenvalue weighted by atomic mass is 10.1. The third kappa shape index (κ3) is 3.78. The van der Waals surface area contributed by atoms with E-state index in [-0.39, 0.29) is 24.3 Å². The van der Waals surface area contributed by atoms with Crippen LogP contribution in [-0.4, -0.2) is 31.7 Å². The molecule has 0 aromatic heterocycles. The van der Waals surface area contributed by atoms with Crippen molar-refractivity contribution in [2.24, 2.45) is 0 Å². The molecule has 0 atom stereocenters. The van der Waals surface area contributed by atoms with Crippen LogP contribution in [0.1, 0.15) is 12.8 Å². The van der Waals surface area contributed by atoms with E-state index in [2.05, 4.69) is 10.6 Å². The zero-order chi connectivity index (χ0) is 12.8. The summed E-state index contributed by atoms with van der Waals surface area (Å²) in [4.78, 5) is 11.6. The molecule has 2 N–H and O–H groups in total. The second-order valence-electron chi connectivity index (χ2n) is 4.29. The average Bonchev–Trinajstić information content (AvgIpc) is 2.40. The van der Waals surface area contributed by atoms with Gasteiger partial charge >= 0.3 is 0 Å². The highest BCUT2D eigenvalue weighted by Gasteiger charge is 2.15. The molecule has 0 bridgehead atoms. The van der Waals surface area contributed by atoms with Gasteiger partial charge in [0.2, 0.25) is 5.91 Å². The first-order valence-electron chi connectivity index (χ1n) is 6.12. The third-order valence-electron chi connectivity index (χ3n) is 2.88. The highest BCUT2D eigenvalue weighted by atomic mass is 19.1. The molecule has 0 radical (unpaired) electrons. The van der Waals surface area contributed by atoms with E-state index >= 15 is 0 Å². The number of anilines is 1. The second kappa shape index (κ2) is 6.47. The second-order valence-corrected chi connectivity index (χ2v) is 4.29. The molecular formula is C13H17FN2O2. The van der Waals surface area contributed by atoms with Crippen molar-refractivity contribution in [1.82, 2.24) is 5.32 Å². The number of hydrogen-bond acceptors (Lipinski definition) is 3. The Morgan fingerprint density at radius 2 is 2.11 bits per heavy atom. The van der Waals surface area contributed by atoms with Crippen molar-refractivity contribution in [1.29, 1.82) is 0 Å². The monoisotopic (exact) mass is 252 g/mol. The Hall–Kier alpha value is -1.46. The molecule has 1 aromatic rings. The van der Waals surface area contributed by atoms with Crippen LogP contribution in [0.4, 0.5) is 10.1 Å². The van der Waals surface area contributed by atoms with Crippen LogP contribution in [0.25, 0.3) is 0 Å². The average molecular weight is 252 g/mol. The molecule has 4 nitrogen and oxygen atoms in total. The topological polar surface area (TPSA) is 50.4 Å². The smallest absolute Gasteiger partial charge is 0.250 e. The summed E-state index contributed by atoms with van der Waals surface area (Å²) in [6.07, 6.45) is 1.94. The van der Waals surface area contributed by atoms with Crippen molar-refractivity contribution in [2.45, 2.75) is 18.9 Å². The van der Waals surface area contributed by atoms with Gasteiger partial charge in [0.1, 0.15) is 12.4 Å². The summed E-state index contributed by atoms with van der Waals surface area (Å²) >= 11 is 0. The summed E-state index contributed by atoms with van der Waals surface area (Å²) in [6, 6.07) is 6.09. The van der Waals surface area contributed by atoms with Crippen LogP contribution >= 0.6 is 0 Å². The van der Waals surface area contributed by atoms with Crippen LogP contribution in [0.15, 0.2) is 24.3 Å². The van der Waals surface area contributed by atoms with E-state index in [0.717, 1.165) is 25.9 Å². The van der Waals surface area contributed by atoms with Gasteiger partial charge in [-0.1, -0.05) is 12.1 Å². The summed E-state index contributed by atoms with van der Waals surface area (Å²) in [5, 5.41) is 5.71. The van der Waals surface area contributed by atoms with Crippen LogP contribution in [0.5, 0.6) is 0 Å². The predicted octanol–water partition coefficient (Wildman–Crippen LogP) is 1.53. The molecule has 0 saturated carbocycles. The molecule has 1 saturated heterocycles. The Bertz CT molecular complexity index is 406. The fourth-order valence-corrected chi connectivity index (χ4v) is 1.90. The first-order chi connectivity index (χ1) is 8.75. The van der Waals surface area contributed by atoms with Crippen molar-refractivity contribution in [3.8, 4) is 0 Å². The van der Waals surface area contributed by atoms with E-state index in [1.54, 1.807) is 12.1 Å². The molecular weight excluding hydrogens is 235 g/mol. The van der Waals surface area contributed by atoms with E-state index in [4.69, 9.17) is 4.74 Å². The number of carbonyl (C=O) groups is 1. The van der Waals surface area contributed by atoms with Crippen molar-refractivity contribution < 1.29 is 13.9 Å². The van der Waals surface area contributed by atoms with Crippen LogP contribution in [-0.2, 0) is 9.53 Å². The molecule has 98 valence electrons. The standard InChI is InChI=1S/C13H17FN2O2/c14-11-3-1-2-4-12(11)16-13(17)9-18-10-5-7-15-8-6-10/h1-4,10,15H,5-9H2,(H,16,17). The number of amides is 1. The van der Waals surface area contributed by atoms with Crippen LogP contribution in [0, 0.1) is 5.82 Å². The number of halogens is 1. The first-order valence-corrected chi connectivity index (χ1v) is 6.12. The minimum Gasteiger partial charge on any atom is -0.368 e. The van der Waals surface area contributed by atoms with Gasteiger partial charge in [-0.3, -0.25) is 4.79 Å². The SMILES string of the molecule is O=C(COC1CCNCC1)Nc1ccccc1F. The van der Waals surface area contributed by atoms with Gasteiger partial charge in [-0.25, -0.2) is 4.39 Å². The Morgan fingerprint density at radius 1 is 1.39 bits per heavy atom. The Morgan fingerprint density at radius 3 is 2.83 bits per heavy atom. The van der Waals surface area contributed by atoms with Gasteiger partial charge in [0, 0.05) is 0 Å². The maximum Gasteiger partial charge on any atom is 0.250 e. The molecule has 2 rings (SSSR count). The quantitative estimate of drug-likeness (QED) is 0.854. The Labute approximate surface area is 106 Å². The minimum atomic E-state index is -0.437. The third-order valence-corrected chi connectivity index (χ3v) is 2.88. The maximum atomic E-state index is 13.3.